The van der Waals surface area contributed by atoms with E-state index < -0.39 is 15.4 Å². The first-order valence-electron chi connectivity index (χ1n) is 12.5. The first-order valence-corrected chi connectivity index (χ1v) is 14.0. The zero-order chi connectivity index (χ0) is 22.1. The Labute approximate surface area is 186 Å². The van der Waals surface area contributed by atoms with Crippen LogP contribution in [-0.4, -0.2) is 13.0 Å². The van der Waals surface area contributed by atoms with E-state index in [2.05, 4.69) is 6.92 Å². The van der Waals surface area contributed by atoms with Crippen LogP contribution in [-0.2, 0) is 10.1 Å². The lowest BCUT2D eigenvalue weighted by Crippen LogP contribution is -2.12. The Balaban J connectivity index is 2.00. The van der Waals surface area contributed by atoms with Gasteiger partial charge in [-0.15, -0.1) is 0 Å². The summed E-state index contributed by atoms with van der Waals surface area (Å²) in [5, 5.41) is -0.787. The summed E-state index contributed by atoms with van der Waals surface area (Å²) in [4.78, 5) is 0. The molecule has 0 spiro atoms. The Kier molecular flexibility index (Phi) is 15.2. The van der Waals surface area contributed by atoms with Gasteiger partial charge in [0.15, 0.2) is 0 Å². The van der Waals surface area contributed by atoms with Crippen molar-refractivity contribution in [3.63, 3.8) is 0 Å². The molecule has 0 saturated carbocycles. The second-order valence-corrected chi connectivity index (χ2v) is 10.6. The van der Waals surface area contributed by atoms with E-state index in [9.17, 15) is 13.0 Å². The van der Waals surface area contributed by atoms with Crippen LogP contribution in [0.2, 0.25) is 0 Å². The molecular formula is C26H46O3S. The van der Waals surface area contributed by atoms with Crippen LogP contribution in [0.25, 0.3) is 0 Å². The van der Waals surface area contributed by atoms with Gasteiger partial charge in [-0.3, -0.25) is 4.55 Å². The quantitative estimate of drug-likeness (QED) is 0.174. The molecule has 0 amide bonds. The molecular weight excluding hydrogens is 392 g/mol. The number of hydrogen-bond donors (Lipinski definition) is 1. The van der Waals surface area contributed by atoms with Gasteiger partial charge in [-0.2, -0.15) is 8.42 Å². The van der Waals surface area contributed by atoms with E-state index in [1.807, 2.05) is 31.2 Å². The van der Waals surface area contributed by atoms with Crippen LogP contribution in [0.5, 0.6) is 0 Å². The maximum Gasteiger partial charge on any atom is 0.271 e. The van der Waals surface area contributed by atoms with Crippen molar-refractivity contribution < 1.29 is 13.0 Å². The fourth-order valence-electron chi connectivity index (χ4n) is 4.15. The van der Waals surface area contributed by atoms with Crippen molar-refractivity contribution in [1.29, 1.82) is 0 Å². The highest BCUT2D eigenvalue weighted by molar-refractivity contribution is 7.86. The predicted octanol–water partition coefficient (Wildman–Crippen LogP) is 8.58. The molecule has 0 unspecified atom stereocenters. The maximum atomic E-state index is 11.8. The molecule has 30 heavy (non-hydrogen) atoms. The van der Waals surface area contributed by atoms with Crippen molar-refractivity contribution >= 4 is 10.1 Å². The van der Waals surface area contributed by atoms with Crippen molar-refractivity contribution in [2.75, 3.05) is 0 Å². The Hall–Kier alpha value is -0.870. The zero-order valence-corrected chi connectivity index (χ0v) is 20.4. The van der Waals surface area contributed by atoms with Gasteiger partial charge in [0.2, 0.25) is 0 Å². The Morgan fingerprint density at radius 3 is 1.40 bits per heavy atom. The van der Waals surface area contributed by atoms with Gasteiger partial charge in [0.25, 0.3) is 10.1 Å². The van der Waals surface area contributed by atoms with E-state index in [0.29, 0.717) is 12.0 Å². The molecule has 0 bridgehead atoms. The highest BCUT2D eigenvalue weighted by Gasteiger charge is 2.24. The molecule has 0 saturated heterocycles. The van der Waals surface area contributed by atoms with E-state index in [4.69, 9.17) is 0 Å². The zero-order valence-electron chi connectivity index (χ0n) is 19.6. The first kappa shape index (κ1) is 27.2. The standard InChI is InChI=1S/C26H46O3S/c1-3-4-5-6-7-8-9-10-11-12-13-14-15-16-17-18-19-26(30(27,28)29)25-22-20-24(2)21-23-25/h20-23,26H,3-19H2,1-2H3,(H,27,28,29)/t26-/m0/s1. The van der Waals surface area contributed by atoms with Crippen molar-refractivity contribution in [3.05, 3.63) is 35.4 Å². The molecule has 0 aromatic heterocycles. The molecule has 1 aromatic rings. The molecule has 0 aliphatic rings. The van der Waals surface area contributed by atoms with Crippen LogP contribution in [0, 0.1) is 6.92 Å². The summed E-state index contributed by atoms with van der Waals surface area (Å²) in [7, 11) is -4.05. The molecule has 0 aliphatic carbocycles. The predicted molar refractivity (Wildman–Crippen MR) is 130 cm³/mol. The van der Waals surface area contributed by atoms with Crippen LogP contribution in [0.15, 0.2) is 24.3 Å². The van der Waals surface area contributed by atoms with Crippen molar-refractivity contribution in [1.82, 2.24) is 0 Å². The lowest BCUT2D eigenvalue weighted by atomic mass is 10.0. The molecule has 0 fully saturated rings. The number of rotatable bonds is 19. The van der Waals surface area contributed by atoms with Crippen LogP contribution in [0.1, 0.15) is 132 Å². The number of hydrogen-bond acceptors (Lipinski definition) is 2. The highest BCUT2D eigenvalue weighted by Crippen LogP contribution is 2.28. The Bertz CT molecular complexity index is 622. The van der Waals surface area contributed by atoms with Gasteiger partial charge in [-0.1, -0.05) is 139 Å². The third kappa shape index (κ3) is 13.4. The molecule has 0 radical (unpaired) electrons. The van der Waals surface area contributed by atoms with E-state index in [1.54, 1.807) is 0 Å². The average Bonchev–Trinajstić information content (AvgIpc) is 2.70. The Morgan fingerprint density at radius 2 is 1.03 bits per heavy atom. The molecule has 0 aliphatic heterocycles. The average molecular weight is 439 g/mol. The summed E-state index contributed by atoms with van der Waals surface area (Å²) in [5.41, 5.74) is 1.79. The van der Waals surface area contributed by atoms with Crippen molar-refractivity contribution in [2.24, 2.45) is 0 Å². The SMILES string of the molecule is CCCCCCCCCCCCCCCCCC[C@@H](c1ccc(C)cc1)S(=O)(=O)O. The van der Waals surface area contributed by atoms with Gasteiger partial charge in [0.1, 0.15) is 5.25 Å². The lowest BCUT2D eigenvalue weighted by molar-refractivity contribution is 0.458. The van der Waals surface area contributed by atoms with E-state index in [1.165, 1.54) is 83.5 Å². The number of benzene rings is 1. The molecule has 3 nitrogen and oxygen atoms in total. The molecule has 1 aromatic carbocycles. The second-order valence-electron chi connectivity index (χ2n) is 9.01. The molecule has 174 valence electrons. The Morgan fingerprint density at radius 1 is 0.667 bits per heavy atom. The summed E-state index contributed by atoms with van der Waals surface area (Å²) >= 11 is 0. The van der Waals surface area contributed by atoms with Crippen LogP contribution in [0.3, 0.4) is 0 Å². The normalized spacial score (nSPS) is 12.9. The summed E-state index contributed by atoms with van der Waals surface area (Å²) < 4.78 is 33.1. The van der Waals surface area contributed by atoms with E-state index in [0.717, 1.165) is 24.8 Å². The molecule has 1 rings (SSSR count). The number of aryl methyl sites for hydroxylation is 1. The van der Waals surface area contributed by atoms with Crippen LogP contribution in [0.4, 0.5) is 0 Å². The minimum absolute atomic E-state index is 0.500. The lowest BCUT2D eigenvalue weighted by Gasteiger charge is -2.14. The summed E-state index contributed by atoms with van der Waals surface area (Å²) in [6.07, 6.45) is 21.3. The van der Waals surface area contributed by atoms with Gasteiger partial charge >= 0.3 is 0 Å². The van der Waals surface area contributed by atoms with E-state index in [-0.39, 0.29) is 0 Å². The minimum atomic E-state index is -4.05. The van der Waals surface area contributed by atoms with Crippen molar-refractivity contribution in [2.45, 2.75) is 128 Å². The third-order valence-electron chi connectivity index (χ3n) is 6.13. The summed E-state index contributed by atoms with van der Waals surface area (Å²) in [5.74, 6) is 0. The van der Waals surface area contributed by atoms with Crippen LogP contribution >= 0.6 is 0 Å². The second kappa shape index (κ2) is 16.8. The highest BCUT2D eigenvalue weighted by atomic mass is 32.2. The minimum Gasteiger partial charge on any atom is -0.285 e. The van der Waals surface area contributed by atoms with Gasteiger partial charge in [-0.25, -0.2) is 0 Å². The number of unbranched alkanes of at least 4 members (excludes halogenated alkanes) is 15. The first-order chi connectivity index (χ1) is 14.4. The summed E-state index contributed by atoms with van der Waals surface area (Å²) in [6, 6.07) is 7.45. The van der Waals surface area contributed by atoms with Crippen molar-refractivity contribution in [3.8, 4) is 0 Å². The molecule has 0 heterocycles. The summed E-state index contributed by atoms with van der Waals surface area (Å²) in [6.45, 7) is 4.24. The van der Waals surface area contributed by atoms with Crippen LogP contribution < -0.4 is 0 Å². The third-order valence-corrected chi connectivity index (χ3v) is 7.36. The van der Waals surface area contributed by atoms with E-state index >= 15 is 0 Å². The van der Waals surface area contributed by atoms with Gasteiger partial charge in [-0.05, 0) is 18.9 Å². The van der Waals surface area contributed by atoms with Gasteiger partial charge in [0, 0.05) is 0 Å². The van der Waals surface area contributed by atoms with Gasteiger partial charge < -0.3 is 0 Å². The smallest absolute Gasteiger partial charge is 0.271 e. The fourth-order valence-corrected chi connectivity index (χ4v) is 5.11. The molecule has 4 heteroatoms. The maximum absolute atomic E-state index is 11.8. The molecule has 1 atom stereocenters. The van der Waals surface area contributed by atoms with Gasteiger partial charge in [0.05, 0.1) is 0 Å². The molecule has 1 N–H and O–H groups in total. The monoisotopic (exact) mass is 438 g/mol. The fraction of sp³-hybridized carbons (Fsp3) is 0.769. The topological polar surface area (TPSA) is 54.4 Å². The largest absolute Gasteiger partial charge is 0.285 e.